The van der Waals surface area contributed by atoms with Crippen molar-refractivity contribution in [3.8, 4) is 0 Å². The van der Waals surface area contributed by atoms with Crippen LogP contribution in [0.15, 0.2) is 0 Å². The van der Waals surface area contributed by atoms with E-state index in [4.69, 9.17) is 29.7 Å². The van der Waals surface area contributed by atoms with Crippen molar-refractivity contribution >= 4 is 66.8 Å². The number of carboxylic acids is 3. The van der Waals surface area contributed by atoms with Crippen molar-refractivity contribution in [2.45, 2.75) is 20.8 Å². The summed E-state index contributed by atoms with van der Waals surface area (Å²) in [6.07, 6.45) is 0. The molecular weight excluding hydrogens is 328 g/mol. The third kappa shape index (κ3) is 1930. The van der Waals surface area contributed by atoms with Crippen LogP contribution in [-0.2, 0) is 14.4 Å². The van der Waals surface area contributed by atoms with Crippen LogP contribution in [0.25, 0.3) is 0 Å². The van der Waals surface area contributed by atoms with Crippen molar-refractivity contribution in [2.75, 3.05) is 0 Å². The molecule has 0 bridgehead atoms. The molecule has 8 heteroatoms. The minimum Gasteiger partial charge on any atom is -0.550 e. The smallest absolute Gasteiger partial charge is 0.550 e. The van der Waals surface area contributed by atoms with Crippen LogP contribution in [0.1, 0.15) is 20.8 Å². The van der Waals surface area contributed by atoms with Crippen LogP contribution >= 0.6 is 0 Å². The summed E-state index contributed by atoms with van der Waals surface area (Å²) >= 11 is 0. The first-order valence-corrected chi connectivity index (χ1v) is 2.72. The summed E-state index contributed by atoms with van der Waals surface area (Å²) in [5.74, 6) is -3.25. The van der Waals surface area contributed by atoms with E-state index in [-0.39, 0.29) is 78.4 Å². The molecule has 0 fully saturated rings. The molecule has 0 aromatic carbocycles. The number of hydrogen-bond donors (Lipinski definition) is 0. The molecule has 0 aliphatic carbocycles. The van der Waals surface area contributed by atoms with Crippen molar-refractivity contribution < 1.29 is 59.3 Å². The average molecular weight is 337 g/mol. The quantitative estimate of drug-likeness (QED) is 0.405. The Morgan fingerprint density at radius 2 is 0.714 bits per heavy atom. The number of rotatable bonds is 0. The van der Waals surface area contributed by atoms with Crippen molar-refractivity contribution in [3.05, 3.63) is 0 Å². The van der Waals surface area contributed by atoms with E-state index >= 15 is 0 Å². The van der Waals surface area contributed by atoms with Gasteiger partial charge in [-0.3, -0.25) is 0 Å². The predicted molar refractivity (Wildman–Crippen MR) is 37.8 cm³/mol. The van der Waals surface area contributed by atoms with Crippen LogP contribution in [-0.4, -0.2) is 66.8 Å². The van der Waals surface area contributed by atoms with Crippen LogP contribution in [0.3, 0.4) is 0 Å². The van der Waals surface area contributed by atoms with Gasteiger partial charge in [0, 0.05) is 17.9 Å². The molecule has 0 N–H and O–H groups in total. The van der Waals surface area contributed by atoms with E-state index in [1.807, 2.05) is 0 Å². The van der Waals surface area contributed by atoms with Gasteiger partial charge in [-0.1, -0.05) is 0 Å². The normalized spacial score (nSPS) is 5.36. The molecule has 0 spiro atoms. The molecule has 0 aromatic rings. The summed E-state index contributed by atoms with van der Waals surface area (Å²) in [6.45, 7) is 2.92. The summed E-state index contributed by atoms with van der Waals surface area (Å²) in [5, 5.41) is 26.7. The van der Waals surface area contributed by atoms with Crippen molar-refractivity contribution in [1.82, 2.24) is 0 Å². The number of hydrogen-bond acceptors (Lipinski definition) is 6. The second-order valence-corrected chi connectivity index (χ2v) is 1.47. The Kier molecular flexibility index (Phi) is 49.7. The van der Waals surface area contributed by atoms with E-state index in [1.165, 1.54) is 0 Å². The molecule has 6 nitrogen and oxygen atoms in total. The van der Waals surface area contributed by atoms with Gasteiger partial charge >= 0.3 is 78.4 Å². The Labute approximate surface area is 144 Å². The first kappa shape index (κ1) is 29.4. The average Bonchev–Trinajstić information content (AvgIpc) is 1.54. The first-order valence-electron chi connectivity index (χ1n) is 2.72. The summed E-state index contributed by atoms with van der Waals surface area (Å²) < 4.78 is 0. The molecule has 0 amide bonds. The third-order valence-corrected chi connectivity index (χ3v) is 0. The van der Waals surface area contributed by atoms with Crippen LogP contribution in [0.2, 0.25) is 0 Å². The minimum absolute atomic E-state index is 0. The maximum Gasteiger partial charge on any atom is 2.00 e. The fourth-order valence-electron chi connectivity index (χ4n) is 0. The molecule has 14 heavy (non-hydrogen) atoms. The van der Waals surface area contributed by atoms with E-state index in [9.17, 15) is 0 Å². The van der Waals surface area contributed by atoms with Gasteiger partial charge in [0.2, 0.25) is 0 Å². The summed E-state index contributed by atoms with van der Waals surface area (Å²) in [5.41, 5.74) is 0. The Morgan fingerprint density at radius 3 is 0.714 bits per heavy atom. The molecule has 72 valence electrons. The standard InChI is InChI=1S/3C2H4O2.Ba.Na/c3*1-2(3)4;;/h3*1H3,(H,3,4);;/q;;;+2;+1/p-3. The minimum atomic E-state index is -1.08. The van der Waals surface area contributed by atoms with Crippen LogP contribution in [0.4, 0.5) is 0 Å². The van der Waals surface area contributed by atoms with Crippen molar-refractivity contribution in [2.24, 2.45) is 0 Å². The topological polar surface area (TPSA) is 120 Å². The monoisotopic (exact) mass is 338 g/mol. The Balaban J connectivity index is -0.0000000270. The number of aliphatic carboxylic acids is 3. The summed E-state index contributed by atoms with van der Waals surface area (Å²) in [4.78, 5) is 26.7. The zero-order valence-corrected chi connectivity index (χ0v) is 15.1. The predicted octanol–water partition coefficient (Wildman–Crippen LogP) is -7.11. The molecule has 0 rings (SSSR count). The van der Waals surface area contributed by atoms with Crippen molar-refractivity contribution in [3.63, 3.8) is 0 Å². The van der Waals surface area contributed by atoms with Gasteiger partial charge in [0.15, 0.2) is 0 Å². The maximum atomic E-state index is 8.89. The molecule has 0 aromatic heterocycles. The van der Waals surface area contributed by atoms with Crippen LogP contribution in [0, 0.1) is 0 Å². The fraction of sp³-hybridized carbons (Fsp3) is 0.500. The van der Waals surface area contributed by atoms with Gasteiger partial charge in [0.1, 0.15) is 0 Å². The van der Waals surface area contributed by atoms with Gasteiger partial charge in [-0.05, 0) is 20.8 Å². The number of carboxylic acid groups (broad SMARTS) is 3. The van der Waals surface area contributed by atoms with E-state index in [0.29, 0.717) is 0 Å². The molecule has 0 unspecified atom stereocenters. The second-order valence-electron chi connectivity index (χ2n) is 1.47. The molecular formula is C6H9BaNaO6. The van der Waals surface area contributed by atoms with E-state index in [2.05, 4.69) is 0 Å². The zero-order chi connectivity index (χ0) is 10.7. The SMILES string of the molecule is CC(=O)[O-].CC(=O)[O-].CC(=O)[O-].[Ba+2].[Na+]. The van der Waals surface area contributed by atoms with Crippen LogP contribution in [0.5, 0.6) is 0 Å². The maximum absolute atomic E-state index is 8.89. The molecule has 0 saturated carbocycles. The molecule has 0 atom stereocenters. The second kappa shape index (κ2) is 23.6. The Morgan fingerprint density at radius 1 is 0.714 bits per heavy atom. The molecule has 0 saturated heterocycles. The first-order chi connectivity index (χ1) is 5.20. The van der Waals surface area contributed by atoms with Gasteiger partial charge < -0.3 is 29.7 Å². The summed E-state index contributed by atoms with van der Waals surface area (Å²) in [6, 6.07) is 0. The van der Waals surface area contributed by atoms with E-state index < -0.39 is 17.9 Å². The Hall–Kier alpha value is 0.981. The van der Waals surface area contributed by atoms with Crippen molar-refractivity contribution in [1.29, 1.82) is 0 Å². The number of carbonyl (C=O) groups is 3. The Bertz CT molecular complexity index is 120. The van der Waals surface area contributed by atoms with Gasteiger partial charge in [0.05, 0.1) is 0 Å². The van der Waals surface area contributed by atoms with Gasteiger partial charge in [-0.25, -0.2) is 0 Å². The van der Waals surface area contributed by atoms with Gasteiger partial charge in [-0.2, -0.15) is 0 Å². The molecule has 0 aliphatic rings. The molecule has 0 heterocycles. The number of carbonyl (C=O) groups excluding carboxylic acids is 3. The molecule has 0 aliphatic heterocycles. The van der Waals surface area contributed by atoms with Gasteiger partial charge in [-0.15, -0.1) is 0 Å². The zero-order valence-electron chi connectivity index (χ0n) is 8.66. The van der Waals surface area contributed by atoms with E-state index in [1.54, 1.807) is 0 Å². The van der Waals surface area contributed by atoms with Crippen LogP contribution < -0.4 is 44.9 Å². The largest absolute Gasteiger partial charge is 2.00 e. The fourth-order valence-corrected chi connectivity index (χ4v) is 0. The third-order valence-electron chi connectivity index (χ3n) is 0. The van der Waals surface area contributed by atoms with Gasteiger partial charge in [0.25, 0.3) is 0 Å². The summed E-state index contributed by atoms with van der Waals surface area (Å²) in [7, 11) is 0. The van der Waals surface area contributed by atoms with E-state index in [0.717, 1.165) is 20.8 Å². The molecule has 0 radical (unpaired) electrons.